The number of benzene rings is 5. The summed E-state index contributed by atoms with van der Waals surface area (Å²) in [4.78, 5) is 12.5. The second kappa shape index (κ2) is 15.5. The molecule has 0 amide bonds. The van der Waals surface area contributed by atoms with E-state index in [-0.39, 0.29) is 41.7 Å². The molecule has 49 heavy (non-hydrogen) atoms. The van der Waals surface area contributed by atoms with E-state index in [2.05, 4.69) is 11.6 Å². The molecule has 0 radical (unpaired) electrons. The van der Waals surface area contributed by atoms with Crippen LogP contribution in [0.25, 0.3) is 11.1 Å². The fraction of sp³-hybridized carbons (Fsp3) is 0.205. The number of rotatable bonds is 12. The number of thioether (sulfide) groups is 1. The molecule has 4 atom stereocenters. The molecule has 1 fully saturated rings. The zero-order valence-corrected chi connectivity index (χ0v) is 28.4. The first-order valence-electron chi connectivity index (χ1n) is 15.9. The van der Waals surface area contributed by atoms with Crippen molar-refractivity contribution in [2.45, 2.75) is 48.4 Å². The van der Waals surface area contributed by atoms with E-state index in [4.69, 9.17) is 9.47 Å². The van der Waals surface area contributed by atoms with Gasteiger partial charge in [0.15, 0.2) is 6.29 Å². The highest BCUT2D eigenvalue weighted by Crippen LogP contribution is 2.43. The Morgan fingerprint density at radius 3 is 2.14 bits per heavy atom. The first kappa shape index (κ1) is 34.6. The predicted molar refractivity (Wildman–Crippen MR) is 189 cm³/mol. The van der Waals surface area contributed by atoms with Crippen molar-refractivity contribution in [2.75, 3.05) is 5.75 Å². The summed E-state index contributed by atoms with van der Waals surface area (Å²) in [6.07, 6.45) is -1.07. The van der Waals surface area contributed by atoms with Crippen LogP contribution in [0.2, 0.25) is 0 Å². The average molecular weight is 696 g/mol. The molecule has 252 valence electrons. The molecule has 10 heteroatoms. The summed E-state index contributed by atoms with van der Waals surface area (Å²) in [5, 5.41) is 18.8. The molecule has 1 heterocycles. The van der Waals surface area contributed by atoms with Crippen molar-refractivity contribution in [2.24, 2.45) is 5.92 Å². The van der Waals surface area contributed by atoms with Crippen molar-refractivity contribution in [1.29, 1.82) is 0 Å². The third-order valence-corrected chi connectivity index (χ3v) is 11.1. The third kappa shape index (κ3) is 8.48. The van der Waals surface area contributed by atoms with Gasteiger partial charge in [-0.1, -0.05) is 91.9 Å². The summed E-state index contributed by atoms with van der Waals surface area (Å²) in [5.41, 5.74) is 5.68. The van der Waals surface area contributed by atoms with Crippen LogP contribution < -0.4 is 4.72 Å². The van der Waals surface area contributed by atoms with Gasteiger partial charge in [0.2, 0.25) is 10.0 Å². The molecule has 6 rings (SSSR count). The first-order chi connectivity index (χ1) is 23.7. The number of hydrogen-bond acceptors (Lipinski definition) is 7. The number of ether oxygens (including phenoxy) is 2. The largest absolute Gasteiger partial charge is 0.478 e. The maximum Gasteiger partial charge on any atom is 0.335 e. The lowest BCUT2D eigenvalue weighted by atomic mass is 9.91. The highest BCUT2D eigenvalue weighted by Gasteiger charge is 2.38. The summed E-state index contributed by atoms with van der Waals surface area (Å²) < 4.78 is 41.3. The molecular weight excluding hydrogens is 659 g/mol. The van der Waals surface area contributed by atoms with Crippen molar-refractivity contribution in [3.63, 3.8) is 0 Å². The van der Waals surface area contributed by atoms with Gasteiger partial charge in [0.25, 0.3) is 0 Å². The van der Waals surface area contributed by atoms with E-state index in [0.717, 1.165) is 38.3 Å². The zero-order valence-electron chi connectivity index (χ0n) is 26.8. The Bertz CT molecular complexity index is 1970. The Morgan fingerprint density at radius 1 is 0.776 bits per heavy atom. The van der Waals surface area contributed by atoms with Crippen LogP contribution >= 0.6 is 11.8 Å². The monoisotopic (exact) mass is 695 g/mol. The fourth-order valence-corrected chi connectivity index (χ4v) is 7.84. The Kier molecular flexibility index (Phi) is 10.9. The number of sulfonamides is 1. The molecule has 5 aromatic rings. The number of aliphatic hydroxyl groups excluding tert-OH is 1. The number of hydrogen-bond donors (Lipinski definition) is 3. The quantitative estimate of drug-likeness (QED) is 0.114. The van der Waals surface area contributed by atoms with Crippen LogP contribution in [0.3, 0.4) is 0 Å². The molecule has 1 aliphatic heterocycles. The summed E-state index contributed by atoms with van der Waals surface area (Å²) in [6, 6.07) is 38.7. The molecule has 1 aliphatic rings. The summed E-state index contributed by atoms with van der Waals surface area (Å²) >= 11 is 1.61. The Balaban J connectivity index is 1.18. The second-order valence-electron chi connectivity index (χ2n) is 11.9. The van der Waals surface area contributed by atoms with Gasteiger partial charge in [0, 0.05) is 28.7 Å². The van der Waals surface area contributed by atoms with Gasteiger partial charge >= 0.3 is 5.97 Å². The van der Waals surface area contributed by atoms with Gasteiger partial charge in [0.1, 0.15) is 0 Å². The lowest BCUT2D eigenvalue weighted by molar-refractivity contribution is -0.268. The van der Waals surface area contributed by atoms with Crippen molar-refractivity contribution in [3.05, 3.63) is 155 Å². The maximum atomic E-state index is 12.7. The lowest BCUT2D eigenvalue weighted by Gasteiger charge is -2.41. The number of nitrogens with one attached hydrogen (secondary N) is 1. The van der Waals surface area contributed by atoms with Crippen LogP contribution in [-0.2, 0) is 32.6 Å². The molecule has 0 bridgehead atoms. The van der Waals surface area contributed by atoms with E-state index in [1.807, 2.05) is 84.9 Å². The SMILES string of the molecule is CC1C(CSc2ccc(C(=O)O)cc2)OC(c2ccc(-c3cccc(CNS(=O)(=O)c4ccccc4)c3)cc2)OC1c1ccc(CO)cc1. The fourth-order valence-electron chi connectivity index (χ4n) is 5.74. The Morgan fingerprint density at radius 2 is 1.47 bits per heavy atom. The van der Waals surface area contributed by atoms with Gasteiger partial charge in [-0.25, -0.2) is 17.9 Å². The Labute approximate surface area is 290 Å². The normalized spacial score (nSPS) is 19.4. The molecule has 0 aromatic heterocycles. The standard InChI is InChI=1S/C39H37NO7S2/c1-26-36(25-48-34-20-18-31(19-21-34)38(42)43)46-39(47-37(26)30-12-10-27(24-41)11-13-30)32-16-14-29(15-17-32)33-7-5-6-28(22-33)23-40-49(44,45)35-8-3-2-4-9-35/h2-22,26,36-37,39-41H,23-25H2,1H3,(H,42,43). The van der Waals surface area contributed by atoms with E-state index in [1.165, 1.54) is 0 Å². The first-order valence-corrected chi connectivity index (χ1v) is 18.4. The van der Waals surface area contributed by atoms with E-state index < -0.39 is 22.3 Å². The molecule has 0 aliphatic carbocycles. The molecule has 4 unspecified atom stereocenters. The van der Waals surface area contributed by atoms with Gasteiger partial charge < -0.3 is 19.7 Å². The van der Waals surface area contributed by atoms with Crippen molar-refractivity contribution >= 4 is 27.8 Å². The summed E-state index contributed by atoms with van der Waals surface area (Å²) in [7, 11) is -3.63. The van der Waals surface area contributed by atoms with Gasteiger partial charge in [-0.3, -0.25) is 0 Å². The Hall–Kier alpha value is -4.29. The zero-order chi connectivity index (χ0) is 34.4. The molecule has 8 nitrogen and oxygen atoms in total. The molecule has 1 saturated heterocycles. The molecule has 0 saturated carbocycles. The molecular formula is C39H37NO7S2. The van der Waals surface area contributed by atoms with Crippen LogP contribution in [0, 0.1) is 5.92 Å². The molecule has 0 spiro atoms. The minimum Gasteiger partial charge on any atom is -0.478 e. The number of carboxylic acids is 1. The lowest BCUT2D eigenvalue weighted by Crippen LogP contribution is -2.38. The topological polar surface area (TPSA) is 122 Å². The van der Waals surface area contributed by atoms with Crippen molar-refractivity contribution in [3.8, 4) is 11.1 Å². The predicted octanol–water partition coefficient (Wildman–Crippen LogP) is 7.61. The molecule has 3 N–H and O–H groups in total. The number of aromatic carboxylic acids is 1. The molecule has 5 aromatic carbocycles. The second-order valence-corrected chi connectivity index (χ2v) is 14.8. The number of aliphatic hydroxyl groups is 1. The number of carbonyl (C=O) groups is 1. The van der Waals surface area contributed by atoms with Gasteiger partial charge in [-0.2, -0.15) is 0 Å². The highest BCUT2D eigenvalue weighted by molar-refractivity contribution is 7.99. The van der Waals surface area contributed by atoms with Crippen molar-refractivity contribution in [1.82, 2.24) is 4.72 Å². The van der Waals surface area contributed by atoms with Crippen LogP contribution in [0.1, 0.15) is 51.9 Å². The van der Waals surface area contributed by atoms with Crippen LogP contribution in [0.5, 0.6) is 0 Å². The third-order valence-electron chi connectivity index (χ3n) is 8.60. The van der Waals surface area contributed by atoms with Gasteiger partial charge in [-0.05, 0) is 70.3 Å². The highest BCUT2D eigenvalue weighted by atomic mass is 32.2. The van der Waals surface area contributed by atoms with Crippen LogP contribution in [0.15, 0.2) is 137 Å². The van der Waals surface area contributed by atoms with Crippen LogP contribution in [0.4, 0.5) is 0 Å². The summed E-state index contributed by atoms with van der Waals surface area (Å²) in [6.45, 7) is 2.23. The van der Waals surface area contributed by atoms with Gasteiger partial charge in [0.05, 0.1) is 29.3 Å². The minimum absolute atomic E-state index is 0.00310. The van der Waals surface area contributed by atoms with Crippen LogP contribution in [-0.4, -0.2) is 36.5 Å². The minimum atomic E-state index is -3.63. The average Bonchev–Trinajstić information content (AvgIpc) is 3.14. The number of carboxylic acid groups (broad SMARTS) is 1. The maximum absolute atomic E-state index is 12.7. The van der Waals surface area contributed by atoms with Crippen molar-refractivity contribution < 1.29 is 32.9 Å². The smallest absolute Gasteiger partial charge is 0.335 e. The van der Waals surface area contributed by atoms with Gasteiger partial charge in [-0.15, -0.1) is 11.8 Å². The van der Waals surface area contributed by atoms with E-state index >= 15 is 0 Å². The summed E-state index contributed by atoms with van der Waals surface area (Å²) in [5.74, 6) is -0.318. The van der Waals surface area contributed by atoms with E-state index in [1.54, 1.807) is 54.2 Å². The van der Waals surface area contributed by atoms with E-state index in [0.29, 0.717) is 5.75 Å². The van der Waals surface area contributed by atoms with E-state index in [9.17, 15) is 23.4 Å².